The van der Waals surface area contributed by atoms with E-state index in [9.17, 15) is 28.0 Å². The number of carboxylic acids is 1. The number of hydroxylamine groups is 2. The maximum atomic E-state index is 15.2. The van der Waals surface area contributed by atoms with Gasteiger partial charge in [-0.25, -0.2) is 23.4 Å². The van der Waals surface area contributed by atoms with Gasteiger partial charge in [0, 0.05) is 37.8 Å². The number of likely N-dealkylation sites (N-methyl/N-ethyl adjacent to an activating group) is 1. The Morgan fingerprint density at radius 3 is 2.27 bits per heavy atom. The van der Waals surface area contributed by atoms with Gasteiger partial charge in [0.05, 0.1) is 37.5 Å². The molecule has 0 saturated carbocycles. The number of carbonyl (C=O) groups is 4. The first kappa shape index (κ1) is 28.6. The summed E-state index contributed by atoms with van der Waals surface area (Å²) < 4.78 is 60.6. The SMILES string of the molecule is CN(C[C@H]1CN(c2cc(F)c(N3CCON(C(=O)c4ccc(C(=O)O)cc4)CC3)c(F)c2)C(=O)O1)C(=O)C(F)F. The number of carbonyl (C=O) groups excluding carboxylic acids is 3. The van der Waals surface area contributed by atoms with E-state index in [2.05, 4.69) is 0 Å². The van der Waals surface area contributed by atoms with Crippen molar-refractivity contribution in [2.75, 3.05) is 56.2 Å². The highest BCUT2D eigenvalue weighted by Gasteiger charge is 2.36. The number of benzene rings is 2. The van der Waals surface area contributed by atoms with Crippen LogP contribution in [0.4, 0.5) is 33.7 Å². The lowest BCUT2D eigenvalue weighted by molar-refractivity contribution is -0.142. The van der Waals surface area contributed by atoms with Gasteiger partial charge < -0.3 is 19.6 Å². The van der Waals surface area contributed by atoms with Crippen molar-refractivity contribution in [2.45, 2.75) is 12.5 Å². The summed E-state index contributed by atoms with van der Waals surface area (Å²) in [6.07, 6.45) is -5.17. The van der Waals surface area contributed by atoms with Crippen molar-refractivity contribution < 1.29 is 51.4 Å². The molecule has 1 N–H and O–H groups in total. The van der Waals surface area contributed by atoms with E-state index in [0.29, 0.717) is 4.90 Å². The van der Waals surface area contributed by atoms with Crippen LogP contribution in [-0.2, 0) is 14.4 Å². The molecule has 214 valence electrons. The van der Waals surface area contributed by atoms with Crippen molar-refractivity contribution in [2.24, 2.45) is 0 Å². The molecule has 1 atom stereocenters. The largest absolute Gasteiger partial charge is 0.478 e. The van der Waals surface area contributed by atoms with E-state index in [0.717, 1.165) is 29.1 Å². The Kier molecular flexibility index (Phi) is 8.42. The molecule has 0 bridgehead atoms. The summed E-state index contributed by atoms with van der Waals surface area (Å²) >= 11 is 0. The first-order valence-corrected chi connectivity index (χ1v) is 12.0. The van der Waals surface area contributed by atoms with Crippen molar-refractivity contribution in [3.05, 3.63) is 59.2 Å². The molecule has 0 aliphatic carbocycles. The van der Waals surface area contributed by atoms with Crippen LogP contribution in [0.1, 0.15) is 20.7 Å². The van der Waals surface area contributed by atoms with Crippen LogP contribution in [0.15, 0.2) is 36.4 Å². The fourth-order valence-electron chi connectivity index (χ4n) is 4.33. The van der Waals surface area contributed by atoms with E-state index in [1.165, 1.54) is 29.2 Å². The summed E-state index contributed by atoms with van der Waals surface area (Å²) in [6, 6.07) is 7.05. The predicted octanol–water partition coefficient (Wildman–Crippen LogP) is 2.61. The number of anilines is 2. The summed E-state index contributed by atoms with van der Waals surface area (Å²) in [7, 11) is 1.12. The quantitative estimate of drug-likeness (QED) is 0.507. The minimum absolute atomic E-state index is 0.000738. The van der Waals surface area contributed by atoms with Gasteiger partial charge in [-0.3, -0.25) is 19.3 Å². The average Bonchev–Trinajstić information content (AvgIpc) is 3.11. The molecule has 3 amide bonds. The number of carboxylic acid groups (broad SMARTS) is 1. The molecular weight excluding hydrogens is 544 g/mol. The topological polar surface area (TPSA) is 120 Å². The number of alkyl halides is 2. The predicted molar refractivity (Wildman–Crippen MR) is 130 cm³/mol. The van der Waals surface area contributed by atoms with Crippen molar-refractivity contribution in [1.29, 1.82) is 0 Å². The molecule has 2 aromatic rings. The van der Waals surface area contributed by atoms with Crippen molar-refractivity contribution in [1.82, 2.24) is 9.96 Å². The molecule has 2 aromatic carbocycles. The number of hydrogen-bond acceptors (Lipinski definition) is 7. The third-order valence-corrected chi connectivity index (χ3v) is 6.33. The lowest BCUT2D eigenvalue weighted by atomic mass is 10.1. The maximum Gasteiger partial charge on any atom is 0.414 e. The van der Waals surface area contributed by atoms with E-state index in [1.54, 1.807) is 0 Å². The van der Waals surface area contributed by atoms with Crippen molar-refractivity contribution in [3.8, 4) is 0 Å². The van der Waals surface area contributed by atoms with Gasteiger partial charge in [-0.1, -0.05) is 0 Å². The number of halogens is 4. The molecule has 2 fully saturated rings. The van der Waals surface area contributed by atoms with Gasteiger partial charge in [-0.05, 0) is 24.3 Å². The average molecular weight is 568 g/mol. The van der Waals surface area contributed by atoms with Crippen LogP contribution >= 0.6 is 0 Å². The number of nitrogens with zero attached hydrogens (tertiary/aromatic N) is 4. The highest BCUT2D eigenvalue weighted by molar-refractivity contribution is 5.95. The Balaban J connectivity index is 1.43. The van der Waals surface area contributed by atoms with Gasteiger partial charge in [0.2, 0.25) is 0 Å². The maximum absolute atomic E-state index is 15.2. The second-order valence-electron chi connectivity index (χ2n) is 9.00. The van der Waals surface area contributed by atoms with Crippen LogP contribution < -0.4 is 9.80 Å². The zero-order valence-corrected chi connectivity index (χ0v) is 21.1. The van der Waals surface area contributed by atoms with Crippen LogP contribution in [-0.4, -0.2) is 97.9 Å². The Hall–Kier alpha value is -4.40. The molecule has 4 rings (SSSR count). The lowest BCUT2D eigenvalue weighted by Crippen LogP contribution is -2.39. The molecule has 0 radical (unpaired) electrons. The molecule has 2 heterocycles. The molecule has 15 heteroatoms. The molecule has 0 unspecified atom stereocenters. The molecule has 11 nitrogen and oxygen atoms in total. The molecule has 0 aromatic heterocycles. The van der Waals surface area contributed by atoms with Gasteiger partial charge in [0.25, 0.3) is 11.8 Å². The highest BCUT2D eigenvalue weighted by Crippen LogP contribution is 2.31. The Bertz CT molecular complexity index is 1290. The minimum Gasteiger partial charge on any atom is -0.478 e. The van der Waals surface area contributed by atoms with Gasteiger partial charge in [0.1, 0.15) is 11.8 Å². The molecule has 2 aliphatic heterocycles. The number of aromatic carboxylic acids is 1. The summed E-state index contributed by atoms with van der Waals surface area (Å²) in [6.45, 7) is -0.700. The molecule has 40 heavy (non-hydrogen) atoms. The van der Waals surface area contributed by atoms with Gasteiger partial charge in [-0.2, -0.15) is 8.78 Å². The van der Waals surface area contributed by atoms with Crippen LogP contribution in [0.5, 0.6) is 0 Å². The van der Waals surface area contributed by atoms with E-state index in [4.69, 9.17) is 14.7 Å². The van der Waals surface area contributed by atoms with E-state index in [-0.39, 0.29) is 56.1 Å². The highest BCUT2D eigenvalue weighted by atomic mass is 19.3. The fourth-order valence-corrected chi connectivity index (χ4v) is 4.33. The summed E-state index contributed by atoms with van der Waals surface area (Å²) in [5, 5.41) is 10.0. The van der Waals surface area contributed by atoms with Crippen molar-refractivity contribution >= 4 is 35.3 Å². The second kappa shape index (κ2) is 11.8. The zero-order valence-electron chi connectivity index (χ0n) is 21.1. The summed E-state index contributed by atoms with van der Waals surface area (Å²) in [4.78, 5) is 55.9. The van der Waals surface area contributed by atoms with Gasteiger partial charge >= 0.3 is 18.5 Å². The second-order valence-corrected chi connectivity index (χ2v) is 9.00. The van der Waals surface area contributed by atoms with E-state index < -0.39 is 53.7 Å². The molecule has 0 spiro atoms. The van der Waals surface area contributed by atoms with Crippen LogP contribution in [0.3, 0.4) is 0 Å². The summed E-state index contributed by atoms with van der Waals surface area (Å²) in [5.74, 6) is -5.15. The lowest BCUT2D eigenvalue weighted by Gasteiger charge is -2.24. The van der Waals surface area contributed by atoms with Crippen LogP contribution in [0.25, 0.3) is 0 Å². The Morgan fingerprint density at radius 2 is 1.68 bits per heavy atom. The third-order valence-electron chi connectivity index (χ3n) is 6.33. The van der Waals surface area contributed by atoms with Gasteiger partial charge in [0.15, 0.2) is 11.6 Å². The minimum atomic E-state index is -3.23. The number of ether oxygens (including phenoxy) is 1. The number of hydrogen-bond donors (Lipinski definition) is 1. The third kappa shape index (κ3) is 6.09. The summed E-state index contributed by atoms with van der Waals surface area (Å²) in [5.41, 5.74) is -0.401. The Morgan fingerprint density at radius 1 is 1.05 bits per heavy atom. The zero-order chi connectivity index (χ0) is 29.1. The molecule has 2 saturated heterocycles. The standard InChI is InChI=1S/C25H24F4N4O7/c1-30(23(35)21(28)29)12-17-13-32(25(38)40-17)16-10-18(26)20(19(27)11-16)31-6-7-33(39-9-8-31)22(34)14-2-4-15(5-3-14)24(36)37/h2-5,10-11,17,21H,6-9,12-13H2,1H3,(H,36,37)/t17-/m0/s1. The molecular formula is C25H24F4N4O7. The fraction of sp³-hybridized carbons (Fsp3) is 0.360. The number of amides is 3. The Labute approximate surface area is 225 Å². The van der Waals surface area contributed by atoms with E-state index >= 15 is 8.78 Å². The molecule has 2 aliphatic rings. The smallest absolute Gasteiger partial charge is 0.414 e. The number of cyclic esters (lactones) is 1. The van der Waals surface area contributed by atoms with Crippen LogP contribution in [0, 0.1) is 11.6 Å². The first-order chi connectivity index (χ1) is 19.0. The normalized spacial score (nSPS) is 17.6. The first-order valence-electron chi connectivity index (χ1n) is 12.0. The number of rotatable bonds is 7. The van der Waals surface area contributed by atoms with E-state index in [1.807, 2.05) is 0 Å². The van der Waals surface area contributed by atoms with Crippen LogP contribution in [0.2, 0.25) is 0 Å². The monoisotopic (exact) mass is 568 g/mol. The van der Waals surface area contributed by atoms with Crippen molar-refractivity contribution in [3.63, 3.8) is 0 Å². The van der Waals surface area contributed by atoms with Gasteiger partial charge in [-0.15, -0.1) is 0 Å².